The molecular formula is C19H19N3O3. The summed E-state index contributed by atoms with van der Waals surface area (Å²) in [6.07, 6.45) is 3.60. The molecule has 0 spiro atoms. The van der Waals surface area contributed by atoms with Gasteiger partial charge >= 0.3 is 0 Å². The Morgan fingerprint density at radius 1 is 1.12 bits per heavy atom. The Morgan fingerprint density at radius 3 is 2.48 bits per heavy atom. The molecule has 1 N–H and O–H groups in total. The molecule has 0 atom stereocenters. The summed E-state index contributed by atoms with van der Waals surface area (Å²) in [4.78, 5) is 12.3. The standard InChI is InChI=1S/C19H19N3O3/c1-22-12-14(17-6-4-5-7-18(17)22)11-20-21-19(23)13-8-15(24-2)10-16(9-13)25-3/h4-12H,1-3H3,(H,21,23)/b20-11-. The van der Waals surface area contributed by atoms with Crippen LogP contribution >= 0.6 is 0 Å². The van der Waals surface area contributed by atoms with E-state index in [1.165, 1.54) is 14.2 Å². The van der Waals surface area contributed by atoms with Crippen LogP contribution in [0.4, 0.5) is 0 Å². The van der Waals surface area contributed by atoms with E-state index in [4.69, 9.17) is 9.47 Å². The zero-order valence-electron chi connectivity index (χ0n) is 14.3. The molecule has 0 aliphatic rings. The summed E-state index contributed by atoms with van der Waals surface area (Å²) < 4.78 is 12.4. The summed E-state index contributed by atoms with van der Waals surface area (Å²) in [6.45, 7) is 0. The van der Waals surface area contributed by atoms with Crippen molar-refractivity contribution in [1.29, 1.82) is 0 Å². The number of carbonyl (C=O) groups excluding carboxylic acids is 1. The fraction of sp³-hybridized carbons (Fsp3) is 0.158. The number of amides is 1. The lowest BCUT2D eigenvalue weighted by atomic mass is 10.2. The van der Waals surface area contributed by atoms with E-state index in [2.05, 4.69) is 10.5 Å². The number of para-hydroxylation sites is 1. The van der Waals surface area contributed by atoms with Gasteiger partial charge in [0.25, 0.3) is 5.91 Å². The maximum atomic E-state index is 12.3. The van der Waals surface area contributed by atoms with Crippen molar-refractivity contribution in [2.75, 3.05) is 14.2 Å². The van der Waals surface area contributed by atoms with Crippen molar-refractivity contribution in [2.24, 2.45) is 12.1 Å². The van der Waals surface area contributed by atoms with Crippen molar-refractivity contribution in [3.8, 4) is 11.5 Å². The Labute approximate surface area is 145 Å². The molecule has 2 aromatic carbocycles. The average Bonchev–Trinajstić information content (AvgIpc) is 2.97. The van der Waals surface area contributed by atoms with Crippen molar-refractivity contribution in [1.82, 2.24) is 9.99 Å². The van der Waals surface area contributed by atoms with E-state index in [1.807, 2.05) is 42.1 Å². The van der Waals surface area contributed by atoms with Gasteiger partial charge in [-0.15, -0.1) is 0 Å². The third kappa shape index (κ3) is 3.47. The fourth-order valence-electron chi connectivity index (χ4n) is 2.64. The van der Waals surface area contributed by atoms with Crippen LogP contribution in [0.2, 0.25) is 0 Å². The van der Waals surface area contributed by atoms with Gasteiger partial charge in [-0.05, 0) is 18.2 Å². The second kappa shape index (κ2) is 7.09. The Bertz CT molecular complexity index is 922. The number of hydrazone groups is 1. The first kappa shape index (κ1) is 16.6. The zero-order chi connectivity index (χ0) is 17.8. The minimum Gasteiger partial charge on any atom is -0.497 e. The maximum Gasteiger partial charge on any atom is 0.271 e. The van der Waals surface area contributed by atoms with Crippen LogP contribution in [0.15, 0.2) is 53.8 Å². The Morgan fingerprint density at radius 2 is 1.80 bits per heavy atom. The number of benzene rings is 2. The van der Waals surface area contributed by atoms with Crippen molar-refractivity contribution in [3.63, 3.8) is 0 Å². The van der Waals surface area contributed by atoms with Crippen LogP contribution in [0, 0.1) is 0 Å². The predicted octanol–water partition coefficient (Wildman–Crippen LogP) is 2.96. The fourth-order valence-corrected chi connectivity index (χ4v) is 2.64. The predicted molar refractivity (Wildman–Crippen MR) is 97.5 cm³/mol. The quantitative estimate of drug-likeness (QED) is 0.575. The van der Waals surface area contributed by atoms with E-state index in [-0.39, 0.29) is 5.91 Å². The highest BCUT2D eigenvalue weighted by molar-refractivity contribution is 6.00. The van der Waals surface area contributed by atoms with Crippen molar-refractivity contribution in [3.05, 3.63) is 59.8 Å². The number of nitrogens with zero attached hydrogens (tertiary/aromatic N) is 2. The SMILES string of the molecule is COc1cc(OC)cc(C(=O)N/N=C\c2cn(C)c3ccccc23)c1. The van der Waals surface area contributed by atoms with Gasteiger partial charge in [0, 0.05) is 41.3 Å². The maximum absolute atomic E-state index is 12.3. The van der Waals surface area contributed by atoms with Crippen LogP contribution in [0.1, 0.15) is 15.9 Å². The number of hydrogen-bond acceptors (Lipinski definition) is 4. The average molecular weight is 337 g/mol. The second-order valence-electron chi connectivity index (χ2n) is 5.51. The molecule has 0 unspecified atom stereocenters. The highest BCUT2D eigenvalue weighted by Crippen LogP contribution is 2.22. The third-order valence-electron chi connectivity index (χ3n) is 3.91. The van der Waals surface area contributed by atoms with Crippen LogP contribution in [-0.4, -0.2) is 30.9 Å². The van der Waals surface area contributed by atoms with Crippen LogP contribution in [-0.2, 0) is 7.05 Å². The van der Waals surface area contributed by atoms with Gasteiger partial charge in [0.1, 0.15) is 11.5 Å². The molecule has 0 radical (unpaired) electrons. The molecule has 0 saturated heterocycles. The summed E-state index contributed by atoms with van der Waals surface area (Å²) in [7, 11) is 5.05. The monoisotopic (exact) mass is 337 g/mol. The molecule has 0 fully saturated rings. The smallest absolute Gasteiger partial charge is 0.271 e. The highest BCUT2D eigenvalue weighted by Gasteiger charge is 2.09. The molecule has 0 saturated carbocycles. The van der Waals surface area contributed by atoms with Gasteiger partial charge in [0.2, 0.25) is 0 Å². The van der Waals surface area contributed by atoms with Crippen molar-refractivity contribution in [2.45, 2.75) is 0 Å². The van der Waals surface area contributed by atoms with Gasteiger partial charge in [0.15, 0.2) is 0 Å². The number of aryl methyl sites for hydroxylation is 1. The molecule has 0 aliphatic heterocycles. The van der Waals surface area contributed by atoms with Crippen LogP contribution in [0.3, 0.4) is 0 Å². The topological polar surface area (TPSA) is 64.8 Å². The minimum absolute atomic E-state index is 0.339. The second-order valence-corrected chi connectivity index (χ2v) is 5.51. The molecule has 128 valence electrons. The molecule has 0 aliphatic carbocycles. The molecule has 1 amide bonds. The van der Waals surface area contributed by atoms with Crippen LogP contribution in [0.25, 0.3) is 10.9 Å². The summed E-state index contributed by atoms with van der Waals surface area (Å²) in [5.41, 5.74) is 4.98. The summed E-state index contributed by atoms with van der Waals surface area (Å²) in [5, 5.41) is 5.15. The van der Waals surface area contributed by atoms with Crippen LogP contribution < -0.4 is 14.9 Å². The first-order valence-electron chi connectivity index (χ1n) is 7.73. The molecule has 6 nitrogen and oxygen atoms in total. The number of nitrogens with one attached hydrogen (secondary N) is 1. The van der Waals surface area contributed by atoms with Crippen molar-refractivity contribution >= 4 is 23.0 Å². The first-order chi connectivity index (χ1) is 12.1. The number of fused-ring (bicyclic) bond motifs is 1. The van der Waals surface area contributed by atoms with Gasteiger partial charge in [-0.3, -0.25) is 4.79 Å². The minimum atomic E-state index is -0.339. The Balaban J connectivity index is 1.79. The number of rotatable bonds is 5. The molecule has 3 rings (SSSR count). The van der Waals surface area contributed by atoms with E-state index in [0.717, 1.165) is 16.5 Å². The molecule has 3 aromatic rings. The van der Waals surface area contributed by atoms with Gasteiger partial charge in [-0.1, -0.05) is 18.2 Å². The summed E-state index contributed by atoms with van der Waals surface area (Å²) in [5.74, 6) is 0.749. The molecular weight excluding hydrogens is 318 g/mol. The van der Waals surface area contributed by atoms with E-state index in [0.29, 0.717) is 17.1 Å². The first-order valence-corrected chi connectivity index (χ1v) is 7.73. The van der Waals surface area contributed by atoms with Gasteiger partial charge < -0.3 is 14.0 Å². The van der Waals surface area contributed by atoms with Gasteiger partial charge in [-0.25, -0.2) is 5.43 Å². The van der Waals surface area contributed by atoms with Crippen LogP contribution in [0.5, 0.6) is 11.5 Å². The highest BCUT2D eigenvalue weighted by atomic mass is 16.5. The van der Waals surface area contributed by atoms with Crippen molar-refractivity contribution < 1.29 is 14.3 Å². The molecule has 1 aromatic heterocycles. The molecule has 1 heterocycles. The number of hydrogen-bond donors (Lipinski definition) is 1. The number of ether oxygens (including phenoxy) is 2. The van der Waals surface area contributed by atoms with Gasteiger partial charge in [-0.2, -0.15) is 5.10 Å². The third-order valence-corrected chi connectivity index (χ3v) is 3.91. The molecule has 6 heteroatoms. The number of aromatic nitrogens is 1. The van der Waals surface area contributed by atoms with E-state index >= 15 is 0 Å². The van der Waals surface area contributed by atoms with E-state index in [9.17, 15) is 4.79 Å². The lowest BCUT2D eigenvalue weighted by molar-refractivity contribution is 0.0954. The lowest BCUT2D eigenvalue weighted by Crippen LogP contribution is -2.17. The largest absolute Gasteiger partial charge is 0.497 e. The van der Waals surface area contributed by atoms with Gasteiger partial charge in [0.05, 0.1) is 20.4 Å². The lowest BCUT2D eigenvalue weighted by Gasteiger charge is -2.07. The summed E-state index contributed by atoms with van der Waals surface area (Å²) in [6, 6.07) is 13.0. The zero-order valence-corrected chi connectivity index (χ0v) is 14.3. The van der Waals surface area contributed by atoms with E-state index in [1.54, 1.807) is 24.4 Å². The molecule has 25 heavy (non-hydrogen) atoms. The Kier molecular flexibility index (Phi) is 4.70. The summed E-state index contributed by atoms with van der Waals surface area (Å²) >= 11 is 0. The number of methoxy groups -OCH3 is 2. The molecule has 0 bridgehead atoms. The number of carbonyl (C=O) groups is 1. The Hall–Kier alpha value is -3.28. The normalized spacial score (nSPS) is 11.0. The van der Waals surface area contributed by atoms with E-state index < -0.39 is 0 Å².